The van der Waals surface area contributed by atoms with Gasteiger partial charge in [-0.3, -0.25) is 4.98 Å². The summed E-state index contributed by atoms with van der Waals surface area (Å²) < 4.78 is 4.63. The van der Waals surface area contributed by atoms with Gasteiger partial charge in [-0.25, -0.2) is 9.78 Å². The molecule has 1 aromatic rings. The summed E-state index contributed by atoms with van der Waals surface area (Å²) in [5.74, 6) is 1.05. The molecular formula is C13H19N3O2. The quantitative estimate of drug-likeness (QED) is 0.783. The number of ether oxygens (including phenoxy) is 1. The molecule has 2 rings (SSSR count). The number of esters is 1. The maximum Gasteiger partial charge on any atom is 0.358 e. The van der Waals surface area contributed by atoms with Crippen LogP contribution in [0.25, 0.3) is 0 Å². The van der Waals surface area contributed by atoms with Gasteiger partial charge in [-0.1, -0.05) is 19.8 Å². The number of aromatic nitrogens is 2. The van der Waals surface area contributed by atoms with Crippen LogP contribution in [0.15, 0.2) is 12.4 Å². The predicted octanol–water partition coefficient (Wildman–Crippen LogP) is 2.25. The number of hydrogen-bond acceptors (Lipinski definition) is 5. The van der Waals surface area contributed by atoms with Crippen LogP contribution < -0.4 is 5.32 Å². The Morgan fingerprint density at radius 3 is 2.94 bits per heavy atom. The summed E-state index contributed by atoms with van der Waals surface area (Å²) in [4.78, 5) is 19.6. The average Bonchev–Trinajstić information content (AvgIpc) is 3.21. The summed E-state index contributed by atoms with van der Waals surface area (Å²) in [7, 11) is 1.34. The summed E-state index contributed by atoms with van der Waals surface area (Å²) in [6.07, 6.45) is 7.94. The molecule has 0 saturated heterocycles. The Balaban J connectivity index is 2.00. The van der Waals surface area contributed by atoms with Gasteiger partial charge in [0.15, 0.2) is 5.69 Å². The van der Waals surface area contributed by atoms with Crippen molar-refractivity contribution in [2.75, 3.05) is 12.4 Å². The zero-order chi connectivity index (χ0) is 13.0. The third kappa shape index (κ3) is 3.42. The molecular weight excluding hydrogens is 230 g/mol. The highest BCUT2D eigenvalue weighted by Crippen LogP contribution is 2.34. The van der Waals surface area contributed by atoms with Crippen molar-refractivity contribution in [2.45, 2.75) is 38.6 Å². The molecule has 1 fully saturated rings. The first-order valence-corrected chi connectivity index (χ1v) is 6.39. The normalized spacial score (nSPS) is 16.1. The molecule has 1 atom stereocenters. The van der Waals surface area contributed by atoms with E-state index in [2.05, 4.69) is 26.9 Å². The Morgan fingerprint density at radius 1 is 1.56 bits per heavy atom. The van der Waals surface area contributed by atoms with E-state index in [4.69, 9.17) is 0 Å². The molecule has 1 saturated carbocycles. The van der Waals surface area contributed by atoms with Crippen LogP contribution in [-0.2, 0) is 4.74 Å². The van der Waals surface area contributed by atoms with E-state index >= 15 is 0 Å². The second-order valence-corrected chi connectivity index (χ2v) is 4.71. The summed E-state index contributed by atoms with van der Waals surface area (Å²) >= 11 is 0. The molecule has 1 N–H and O–H groups in total. The number of rotatable bonds is 6. The SMILES string of the molecule is CCC(CC1CC1)Nc1cncc(C(=O)OC)n1. The van der Waals surface area contributed by atoms with E-state index < -0.39 is 5.97 Å². The third-order valence-corrected chi connectivity index (χ3v) is 3.19. The van der Waals surface area contributed by atoms with E-state index in [-0.39, 0.29) is 5.69 Å². The van der Waals surface area contributed by atoms with Gasteiger partial charge >= 0.3 is 5.97 Å². The van der Waals surface area contributed by atoms with Crippen LogP contribution in [0.3, 0.4) is 0 Å². The lowest BCUT2D eigenvalue weighted by Crippen LogP contribution is -2.20. The van der Waals surface area contributed by atoms with E-state index in [1.54, 1.807) is 6.20 Å². The first-order valence-electron chi connectivity index (χ1n) is 6.39. The topological polar surface area (TPSA) is 64.1 Å². The van der Waals surface area contributed by atoms with E-state index in [9.17, 15) is 4.79 Å². The number of carbonyl (C=O) groups is 1. The van der Waals surface area contributed by atoms with Crippen molar-refractivity contribution in [2.24, 2.45) is 5.92 Å². The zero-order valence-electron chi connectivity index (χ0n) is 10.8. The Hall–Kier alpha value is -1.65. The van der Waals surface area contributed by atoms with E-state index in [0.29, 0.717) is 11.9 Å². The number of nitrogens with one attached hydrogen (secondary N) is 1. The number of anilines is 1. The molecule has 1 unspecified atom stereocenters. The van der Waals surface area contributed by atoms with Crippen LogP contribution in [0, 0.1) is 5.92 Å². The molecule has 18 heavy (non-hydrogen) atoms. The van der Waals surface area contributed by atoms with Gasteiger partial charge in [0, 0.05) is 6.04 Å². The van der Waals surface area contributed by atoms with Gasteiger partial charge in [0.25, 0.3) is 0 Å². The molecule has 1 heterocycles. The standard InChI is InChI=1S/C13H19N3O2/c1-3-10(6-9-4-5-9)15-12-8-14-7-11(16-12)13(17)18-2/h7-10H,3-6H2,1-2H3,(H,15,16). The Bertz CT molecular complexity index is 418. The number of nitrogens with zero attached hydrogens (tertiary/aromatic N) is 2. The van der Waals surface area contributed by atoms with Gasteiger partial charge < -0.3 is 10.1 Å². The monoisotopic (exact) mass is 249 g/mol. The van der Waals surface area contributed by atoms with Gasteiger partial charge in [0.2, 0.25) is 0 Å². The van der Waals surface area contributed by atoms with Gasteiger partial charge in [0.1, 0.15) is 5.82 Å². The lowest BCUT2D eigenvalue weighted by Gasteiger charge is -2.17. The molecule has 5 nitrogen and oxygen atoms in total. The van der Waals surface area contributed by atoms with E-state index in [1.807, 2.05) is 0 Å². The highest BCUT2D eigenvalue weighted by Gasteiger charge is 2.24. The number of hydrogen-bond donors (Lipinski definition) is 1. The van der Waals surface area contributed by atoms with Crippen LogP contribution in [0.4, 0.5) is 5.82 Å². The Kier molecular flexibility index (Phi) is 4.12. The highest BCUT2D eigenvalue weighted by molar-refractivity contribution is 5.87. The largest absolute Gasteiger partial charge is 0.464 e. The fourth-order valence-electron chi connectivity index (χ4n) is 1.93. The zero-order valence-corrected chi connectivity index (χ0v) is 10.8. The third-order valence-electron chi connectivity index (χ3n) is 3.19. The van der Waals surface area contributed by atoms with Crippen molar-refractivity contribution in [1.29, 1.82) is 0 Å². The lowest BCUT2D eigenvalue weighted by molar-refractivity contribution is 0.0593. The van der Waals surface area contributed by atoms with E-state index in [1.165, 1.54) is 32.6 Å². The molecule has 0 bridgehead atoms. The molecule has 0 aromatic carbocycles. The molecule has 98 valence electrons. The fourth-order valence-corrected chi connectivity index (χ4v) is 1.93. The van der Waals surface area contributed by atoms with Crippen molar-refractivity contribution in [3.05, 3.63) is 18.1 Å². The Labute approximate surface area is 107 Å². The van der Waals surface area contributed by atoms with Crippen molar-refractivity contribution in [1.82, 2.24) is 9.97 Å². The number of methoxy groups -OCH3 is 1. The molecule has 1 aliphatic carbocycles. The van der Waals surface area contributed by atoms with Gasteiger partial charge in [0.05, 0.1) is 19.5 Å². The minimum atomic E-state index is -0.457. The molecule has 5 heteroatoms. The number of carbonyl (C=O) groups excluding carboxylic acids is 1. The summed E-state index contributed by atoms with van der Waals surface area (Å²) in [6.45, 7) is 2.15. The van der Waals surface area contributed by atoms with Crippen LogP contribution in [0.5, 0.6) is 0 Å². The summed E-state index contributed by atoms with van der Waals surface area (Å²) in [5, 5.41) is 3.34. The second kappa shape index (κ2) is 5.80. The molecule has 0 radical (unpaired) electrons. The predicted molar refractivity (Wildman–Crippen MR) is 68.4 cm³/mol. The van der Waals surface area contributed by atoms with Crippen LogP contribution in [-0.4, -0.2) is 29.1 Å². The average molecular weight is 249 g/mol. The van der Waals surface area contributed by atoms with Crippen LogP contribution >= 0.6 is 0 Å². The minimum Gasteiger partial charge on any atom is -0.464 e. The lowest BCUT2D eigenvalue weighted by atomic mass is 10.1. The Morgan fingerprint density at radius 2 is 2.33 bits per heavy atom. The molecule has 0 spiro atoms. The van der Waals surface area contributed by atoms with Crippen molar-refractivity contribution < 1.29 is 9.53 Å². The van der Waals surface area contributed by atoms with Gasteiger partial charge in [-0.2, -0.15) is 0 Å². The van der Waals surface area contributed by atoms with Gasteiger partial charge in [-0.15, -0.1) is 0 Å². The van der Waals surface area contributed by atoms with Crippen LogP contribution in [0.1, 0.15) is 43.1 Å². The molecule has 0 amide bonds. The van der Waals surface area contributed by atoms with Crippen molar-refractivity contribution in [3.63, 3.8) is 0 Å². The minimum absolute atomic E-state index is 0.240. The molecule has 0 aliphatic heterocycles. The van der Waals surface area contributed by atoms with E-state index in [0.717, 1.165) is 12.3 Å². The summed E-state index contributed by atoms with van der Waals surface area (Å²) in [6, 6.07) is 0.402. The molecule has 1 aromatic heterocycles. The van der Waals surface area contributed by atoms with Crippen molar-refractivity contribution in [3.8, 4) is 0 Å². The molecule has 1 aliphatic rings. The van der Waals surface area contributed by atoms with Crippen molar-refractivity contribution >= 4 is 11.8 Å². The van der Waals surface area contributed by atoms with Gasteiger partial charge in [-0.05, 0) is 18.8 Å². The second-order valence-electron chi connectivity index (χ2n) is 4.71. The fraction of sp³-hybridized carbons (Fsp3) is 0.615. The maximum atomic E-state index is 11.4. The van der Waals surface area contributed by atoms with Crippen LogP contribution in [0.2, 0.25) is 0 Å². The highest BCUT2D eigenvalue weighted by atomic mass is 16.5. The maximum absolute atomic E-state index is 11.4. The first-order chi connectivity index (χ1) is 8.72. The first kappa shape index (κ1) is 12.8. The smallest absolute Gasteiger partial charge is 0.358 e. The summed E-state index contributed by atoms with van der Waals surface area (Å²) in [5.41, 5.74) is 0.240.